The van der Waals surface area contributed by atoms with Crippen molar-refractivity contribution in [3.8, 4) is 0 Å². The van der Waals surface area contributed by atoms with Crippen LogP contribution in [-0.2, 0) is 9.47 Å². The number of aliphatic hydroxyl groups excluding tert-OH is 3. The molecular formula is C10H26O5. The minimum atomic E-state index is 0.0278. The van der Waals surface area contributed by atoms with Crippen LogP contribution in [0.15, 0.2) is 0 Å². The van der Waals surface area contributed by atoms with Gasteiger partial charge in [0.05, 0.1) is 26.4 Å². The second kappa shape index (κ2) is 29.2. The summed E-state index contributed by atoms with van der Waals surface area (Å²) in [5.74, 6) is 0. The van der Waals surface area contributed by atoms with Crippen molar-refractivity contribution in [2.24, 2.45) is 0 Å². The fourth-order valence-electron chi connectivity index (χ4n) is 0.435. The molecular weight excluding hydrogens is 200 g/mol. The molecule has 0 aliphatic rings. The molecule has 0 spiro atoms. The van der Waals surface area contributed by atoms with Crippen molar-refractivity contribution in [1.82, 2.24) is 0 Å². The highest BCUT2D eigenvalue weighted by molar-refractivity contribution is 4.24. The van der Waals surface area contributed by atoms with E-state index < -0.39 is 0 Å². The third kappa shape index (κ3) is 57.1. The van der Waals surface area contributed by atoms with Crippen molar-refractivity contribution in [2.45, 2.75) is 20.3 Å². The highest BCUT2D eigenvalue weighted by Gasteiger charge is 1.79. The minimum absolute atomic E-state index is 0.0278. The Kier molecular flexibility index (Phi) is 39.4. The minimum Gasteiger partial charge on any atom is -0.397 e. The number of aliphatic hydroxyl groups is 3. The van der Waals surface area contributed by atoms with Crippen LogP contribution in [0.4, 0.5) is 0 Å². The van der Waals surface area contributed by atoms with Crippen molar-refractivity contribution >= 4 is 0 Å². The van der Waals surface area contributed by atoms with Gasteiger partial charge in [-0.3, -0.25) is 0 Å². The number of hydrogen-bond acceptors (Lipinski definition) is 5. The molecule has 3 N–H and O–H groups in total. The summed E-state index contributed by atoms with van der Waals surface area (Å²) in [4.78, 5) is 0. The van der Waals surface area contributed by atoms with E-state index in [2.05, 4.69) is 11.7 Å². The summed E-state index contributed by atoms with van der Waals surface area (Å²) in [6.07, 6.45) is 1.12. The van der Waals surface area contributed by atoms with E-state index >= 15 is 0 Å². The lowest BCUT2D eigenvalue weighted by Gasteiger charge is -1.94. The zero-order valence-corrected chi connectivity index (χ0v) is 10.1. The zero-order chi connectivity index (χ0) is 12.4. The predicted octanol–water partition coefficient (Wildman–Crippen LogP) is 0.0290. The maximum atomic E-state index is 8.09. The molecule has 0 saturated carbocycles. The topological polar surface area (TPSA) is 79.2 Å². The molecule has 15 heavy (non-hydrogen) atoms. The Morgan fingerprint density at radius 2 is 1.27 bits per heavy atom. The van der Waals surface area contributed by atoms with E-state index in [1.54, 1.807) is 14.0 Å². The van der Waals surface area contributed by atoms with Crippen molar-refractivity contribution in [1.29, 1.82) is 0 Å². The van der Waals surface area contributed by atoms with Crippen LogP contribution in [-0.4, -0.2) is 62.1 Å². The van der Waals surface area contributed by atoms with Gasteiger partial charge in [-0.25, -0.2) is 0 Å². The van der Waals surface area contributed by atoms with Gasteiger partial charge < -0.3 is 24.8 Å². The van der Waals surface area contributed by atoms with Crippen LogP contribution < -0.4 is 0 Å². The van der Waals surface area contributed by atoms with E-state index in [-0.39, 0.29) is 19.8 Å². The highest BCUT2D eigenvalue weighted by atomic mass is 16.5. The number of rotatable bonds is 6. The number of methoxy groups -OCH3 is 1. The predicted molar refractivity (Wildman–Crippen MR) is 59.9 cm³/mol. The first-order valence-electron chi connectivity index (χ1n) is 5.14. The summed E-state index contributed by atoms with van der Waals surface area (Å²) >= 11 is 0. The first kappa shape index (κ1) is 20.2. The summed E-state index contributed by atoms with van der Waals surface area (Å²) in [5, 5.41) is 23.7. The molecule has 5 nitrogen and oxygen atoms in total. The number of hydrogen-bond donors (Lipinski definition) is 3. The average molecular weight is 226 g/mol. The van der Waals surface area contributed by atoms with Gasteiger partial charge >= 0.3 is 0 Å². The van der Waals surface area contributed by atoms with Crippen LogP contribution in [0.25, 0.3) is 0 Å². The molecule has 0 bridgehead atoms. The van der Waals surface area contributed by atoms with Crippen LogP contribution in [0, 0.1) is 0 Å². The van der Waals surface area contributed by atoms with Gasteiger partial charge in [0, 0.05) is 20.3 Å². The molecule has 96 valence electrons. The Labute approximate surface area is 92.6 Å². The van der Waals surface area contributed by atoms with E-state index in [0.29, 0.717) is 13.2 Å². The van der Waals surface area contributed by atoms with Crippen molar-refractivity contribution in [3.63, 3.8) is 0 Å². The summed E-state index contributed by atoms with van der Waals surface area (Å²) in [6.45, 7) is 5.60. The van der Waals surface area contributed by atoms with Gasteiger partial charge in [-0.1, -0.05) is 6.92 Å². The average Bonchev–Trinajstić information content (AvgIpc) is 2.22. The normalized spacial score (nSPS) is 8.40. The largest absolute Gasteiger partial charge is 0.397 e. The monoisotopic (exact) mass is 226 g/mol. The first-order valence-corrected chi connectivity index (χ1v) is 5.14. The van der Waals surface area contributed by atoms with Crippen LogP contribution in [0.3, 0.4) is 0 Å². The van der Waals surface area contributed by atoms with Gasteiger partial charge in [-0.2, -0.15) is 0 Å². The summed E-state index contributed by atoms with van der Waals surface area (Å²) in [6, 6.07) is 0. The van der Waals surface area contributed by atoms with E-state index in [1.807, 2.05) is 0 Å². The van der Waals surface area contributed by atoms with E-state index in [9.17, 15) is 0 Å². The molecule has 0 saturated heterocycles. The Hall–Kier alpha value is -0.200. The molecule has 0 aromatic heterocycles. The highest BCUT2D eigenvalue weighted by Crippen LogP contribution is 1.70. The van der Waals surface area contributed by atoms with Crippen molar-refractivity contribution < 1.29 is 24.8 Å². The van der Waals surface area contributed by atoms with Crippen molar-refractivity contribution in [2.75, 3.05) is 46.8 Å². The Morgan fingerprint density at radius 1 is 0.867 bits per heavy atom. The molecule has 0 fully saturated rings. The molecule has 0 aromatic rings. The lowest BCUT2D eigenvalue weighted by atomic mass is 10.5. The molecule has 0 heterocycles. The fraction of sp³-hybridized carbons (Fsp3) is 1.00. The second-order valence-electron chi connectivity index (χ2n) is 2.37. The summed E-state index contributed by atoms with van der Waals surface area (Å²) in [7, 11) is 1.71. The van der Waals surface area contributed by atoms with E-state index in [1.165, 1.54) is 0 Å². The molecule has 0 atom stereocenters. The lowest BCUT2D eigenvalue weighted by Crippen LogP contribution is -2.03. The van der Waals surface area contributed by atoms with Gasteiger partial charge in [0.1, 0.15) is 0 Å². The maximum Gasteiger partial charge on any atom is 0.0698 e. The quantitative estimate of drug-likeness (QED) is 0.557. The third-order valence-electron chi connectivity index (χ3n) is 0.879. The Balaban J connectivity index is -0.000000158. The van der Waals surface area contributed by atoms with E-state index in [4.69, 9.17) is 20.1 Å². The standard InChI is InChI=1S/C4H10O3.C4H10O.C2H6O/c5-1-3-7-4-2-6;1-3-4-5-2;1-2-3/h5-6H,1-4H2;3-4H2,1-2H3;3H,2H2,1H3. The van der Waals surface area contributed by atoms with E-state index in [0.717, 1.165) is 13.0 Å². The van der Waals surface area contributed by atoms with Gasteiger partial charge in [0.2, 0.25) is 0 Å². The summed E-state index contributed by atoms with van der Waals surface area (Å²) in [5.41, 5.74) is 0. The molecule has 0 unspecified atom stereocenters. The van der Waals surface area contributed by atoms with Crippen molar-refractivity contribution in [3.05, 3.63) is 0 Å². The molecule has 0 radical (unpaired) electrons. The van der Waals surface area contributed by atoms with Gasteiger partial charge in [0.25, 0.3) is 0 Å². The molecule has 5 heteroatoms. The second-order valence-corrected chi connectivity index (χ2v) is 2.37. The Bertz CT molecular complexity index is 64.8. The Morgan fingerprint density at radius 3 is 1.40 bits per heavy atom. The smallest absolute Gasteiger partial charge is 0.0698 e. The molecule has 0 amide bonds. The third-order valence-corrected chi connectivity index (χ3v) is 0.879. The van der Waals surface area contributed by atoms with Crippen LogP contribution >= 0.6 is 0 Å². The number of ether oxygens (including phenoxy) is 2. The van der Waals surface area contributed by atoms with Gasteiger partial charge in [-0.05, 0) is 13.3 Å². The van der Waals surface area contributed by atoms with Gasteiger partial charge in [0.15, 0.2) is 0 Å². The fourth-order valence-corrected chi connectivity index (χ4v) is 0.435. The van der Waals surface area contributed by atoms with Crippen LogP contribution in [0.2, 0.25) is 0 Å². The summed E-state index contributed by atoms with van der Waals surface area (Å²) < 4.78 is 9.32. The molecule has 0 rings (SSSR count). The maximum absolute atomic E-state index is 8.09. The zero-order valence-electron chi connectivity index (χ0n) is 10.1. The molecule has 0 aliphatic carbocycles. The molecule has 0 aromatic carbocycles. The lowest BCUT2D eigenvalue weighted by molar-refractivity contribution is 0.0650. The van der Waals surface area contributed by atoms with Crippen LogP contribution in [0.1, 0.15) is 20.3 Å². The van der Waals surface area contributed by atoms with Gasteiger partial charge in [-0.15, -0.1) is 0 Å². The first-order chi connectivity index (χ1) is 7.24. The van der Waals surface area contributed by atoms with Crippen LogP contribution in [0.5, 0.6) is 0 Å². The SMILES string of the molecule is CCCOC.CCO.OCCOCCO. The molecule has 0 aliphatic heterocycles.